The summed E-state index contributed by atoms with van der Waals surface area (Å²) in [4.78, 5) is 4.63. The average Bonchev–Trinajstić information content (AvgIpc) is 2.70. The monoisotopic (exact) mass is 253 g/mol. The molecule has 3 nitrogen and oxygen atoms in total. The summed E-state index contributed by atoms with van der Waals surface area (Å²) in [5, 5.41) is 0. The Balaban J connectivity index is 2.65. The number of nitrogen functional groups attached to an aromatic ring is 1. The number of imidazole rings is 1. The van der Waals surface area contributed by atoms with Gasteiger partial charge in [0.25, 0.3) is 0 Å². The molecule has 0 radical (unpaired) electrons. The second-order valence-corrected chi connectivity index (χ2v) is 4.80. The van der Waals surface area contributed by atoms with Crippen LogP contribution in [0.1, 0.15) is 25.1 Å². The van der Waals surface area contributed by atoms with Gasteiger partial charge in [0.1, 0.15) is 17.2 Å². The Labute approximate surface area is 113 Å². The van der Waals surface area contributed by atoms with Crippen molar-refractivity contribution in [2.75, 3.05) is 5.73 Å². The van der Waals surface area contributed by atoms with Crippen molar-refractivity contribution >= 4 is 17.0 Å². The van der Waals surface area contributed by atoms with Gasteiger partial charge >= 0.3 is 0 Å². The van der Waals surface area contributed by atoms with E-state index >= 15 is 0 Å². The van der Waals surface area contributed by atoms with E-state index in [1.165, 1.54) is 5.57 Å². The Morgan fingerprint density at radius 2 is 2.11 bits per heavy atom. The molecule has 2 N–H and O–H groups in total. The first-order chi connectivity index (χ1) is 9.04. The normalized spacial score (nSPS) is 11.6. The molecule has 0 atom stereocenters. The minimum atomic E-state index is 0.645. The van der Waals surface area contributed by atoms with E-state index in [1.807, 2.05) is 55.7 Å². The van der Waals surface area contributed by atoms with E-state index in [-0.39, 0.29) is 0 Å². The first-order valence-corrected chi connectivity index (χ1v) is 6.25. The summed E-state index contributed by atoms with van der Waals surface area (Å²) in [7, 11) is 0. The highest BCUT2D eigenvalue weighted by molar-refractivity contribution is 5.81. The predicted octanol–water partition coefficient (Wildman–Crippen LogP) is 3.76. The van der Waals surface area contributed by atoms with Gasteiger partial charge in [-0.15, -0.1) is 0 Å². The number of fused-ring (bicyclic) bond motifs is 1. The van der Waals surface area contributed by atoms with Gasteiger partial charge in [0, 0.05) is 11.8 Å². The molecule has 0 fully saturated rings. The Morgan fingerprint density at radius 3 is 2.68 bits per heavy atom. The van der Waals surface area contributed by atoms with Crippen molar-refractivity contribution in [2.45, 2.75) is 20.8 Å². The van der Waals surface area contributed by atoms with E-state index in [4.69, 9.17) is 5.73 Å². The van der Waals surface area contributed by atoms with E-state index < -0.39 is 0 Å². The first kappa shape index (κ1) is 13.1. The lowest BCUT2D eigenvalue weighted by atomic mass is 10.1. The van der Waals surface area contributed by atoms with Gasteiger partial charge in [0.2, 0.25) is 0 Å². The molecule has 98 valence electrons. The van der Waals surface area contributed by atoms with Crippen LogP contribution >= 0.6 is 0 Å². The van der Waals surface area contributed by atoms with Crippen molar-refractivity contribution in [1.82, 2.24) is 9.38 Å². The summed E-state index contributed by atoms with van der Waals surface area (Å²) in [6.07, 6.45) is 7.74. The minimum Gasteiger partial charge on any atom is -0.383 e. The Morgan fingerprint density at radius 1 is 1.37 bits per heavy atom. The minimum absolute atomic E-state index is 0.645. The van der Waals surface area contributed by atoms with Gasteiger partial charge in [-0.2, -0.15) is 0 Å². The summed E-state index contributed by atoms with van der Waals surface area (Å²) in [6, 6.07) is 4.00. The summed E-state index contributed by atoms with van der Waals surface area (Å²) >= 11 is 0. The van der Waals surface area contributed by atoms with Crippen molar-refractivity contribution in [3.63, 3.8) is 0 Å². The molecule has 0 bridgehead atoms. The fourth-order valence-electron chi connectivity index (χ4n) is 1.93. The summed E-state index contributed by atoms with van der Waals surface area (Å²) in [5.41, 5.74) is 11.1. The number of pyridine rings is 1. The van der Waals surface area contributed by atoms with E-state index in [0.717, 1.165) is 22.5 Å². The standard InChI is InChI=1S/C16H19N3/c1-5-13(9-8-11(2)3)14-15(17)19-10-6-7-12(4)16(19)18-14/h5-10H,1,17H2,2-4H3/b13-9+. The van der Waals surface area contributed by atoms with Crippen molar-refractivity contribution in [3.05, 3.63) is 60.0 Å². The number of aromatic nitrogens is 2. The molecule has 2 aromatic rings. The van der Waals surface area contributed by atoms with E-state index in [9.17, 15) is 0 Å². The van der Waals surface area contributed by atoms with E-state index in [0.29, 0.717) is 5.82 Å². The lowest BCUT2D eigenvalue weighted by Gasteiger charge is -1.99. The van der Waals surface area contributed by atoms with Crippen LogP contribution in [-0.4, -0.2) is 9.38 Å². The zero-order valence-corrected chi connectivity index (χ0v) is 11.6. The number of hydrogen-bond donors (Lipinski definition) is 1. The van der Waals surface area contributed by atoms with Crippen LogP contribution in [0.25, 0.3) is 11.2 Å². The van der Waals surface area contributed by atoms with Crippen LogP contribution in [-0.2, 0) is 0 Å². The lowest BCUT2D eigenvalue weighted by Crippen LogP contribution is -1.95. The maximum absolute atomic E-state index is 6.18. The SMILES string of the molecule is C=C/C(=C\C=C(C)C)c1nc2c(C)cccn2c1N. The maximum atomic E-state index is 6.18. The molecule has 0 aliphatic rings. The predicted molar refractivity (Wildman–Crippen MR) is 81.9 cm³/mol. The molecule has 0 aliphatic carbocycles. The number of hydrogen-bond acceptors (Lipinski definition) is 2. The Hall–Kier alpha value is -2.29. The number of nitrogens with zero attached hydrogens (tertiary/aromatic N) is 2. The van der Waals surface area contributed by atoms with Crippen LogP contribution in [0, 0.1) is 6.92 Å². The smallest absolute Gasteiger partial charge is 0.142 e. The van der Waals surface area contributed by atoms with Crippen LogP contribution in [0.15, 0.2) is 48.7 Å². The zero-order valence-electron chi connectivity index (χ0n) is 11.6. The second kappa shape index (κ2) is 5.14. The second-order valence-electron chi connectivity index (χ2n) is 4.80. The Bertz CT molecular complexity index is 683. The third kappa shape index (κ3) is 2.45. The third-order valence-corrected chi connectivity index (χ3v) is 2.97. The molecular formula is C16H19N3. The number of anilines is 1. The zero-order chi connectivity index (χ0) is 14.0. The molecule has 2 heterocycles. The molecule has 2 rings (SSSR count). The number of rotatable bonds is 3. The highest BCUT2D eigenvalue weighted by Gasteiger charge is 2.12. The van der Waals surface area contributed by atoms with Gasteiger partial charge in [0.05, 0.1) is 0 Å². The van der Waals surface area contributed by atoms with E-state index in [1.54, 1.807) is 6.08 Å². The topological polar surface area (TPSA) is 43.3 Å². The largest absolute Gasteiger partial charge is 0.383 e. The Kier molecular flexibility index (Phi) is 3.56. The highest BCUT2D eigenvalue weighted by Crippen LogP contribution is 2.24. The summed E-state index contributed by atoms with van der Waals surface area (Å²) < 4.78 is 1.91. The van der Waals surface area contributed by atoms with Gasteiger partial charge < -0.3 is 5.73 Å². The lowest BCUT2D eigenvalue weighted by molar-refractivity contribution is 1.17. The van der Waals surface area contributed by atoms with Crippen LogP contribution in [0.5, 0.6) is 0 Å². The molecule has 0 amide bonds. The van der Waals surface area contributed by atoms with Crippen LogP contribution in [0.4, 0.5) is 5.82 Å². The van der Waals surface area contributed by atoms with Crippen LogP contribution < -0.4 is 5.73 Å². The molecule has 3 heteroatoms. The molecule has 0 spiro atoms. The molecule has 2 aromatic heterocycles. The van der Waals surface area contributed by atoms with Gasteiger partial charge in [0.15, 0.2) is 0 Å². The quantitative estimate of drug-likeness (QED) is 0.846. The molecule has 0 aromatic carbocycles. The molecule has 19 heavy (non-hydrogen) atoms. The first-order valence-electron chi connectivity index (χ1n) is 6.25. The van der Waals surface area contributed by atoms with E-state index in [2.05, 4.69) is 11.6 Å². The van der Waals surface area contributed by atoms with Gasteiger partial charge in [-0.25, -0.2) is 4.98 Å². The van der Waals surface area contributed by atoms with Gasteiger partial charge in [-0.1, -0.05) is 36.4 Å². The van der Waals surface area contributed by atoms with Crippen molar-refractivity contribution < 1.29 is 0 Å². The average molecular weight is 253 g/mol. The van der Waals surface area contributed by atoms with Crippen LogP contribution in [0.2, 0.25) is 0 Å². The fourth-order valence-corrected chi connectivity index (χ4v) is 1.93. The molecule has 0 saturated carbocycles. The van der Waals surface area contributed by atoms with Crippen LogP contribution in [0.3, 0.4) is 0 Å². The number of aryl methyl sites for hydroxylation is 1. The third-order valence-electron chi connectivity index (χ3n) is 2.97. The van der Waals surface area contributed by atoms with Crippen molar-refractivity contribution in [1.29, 1.82) is 0 Å². The molecular weight excluding hydrogens is 234 g/mol. The molecule has 0 unspecified atom stereocenters. The number of allylic oxidation sites excluding steroid dienone is 5. The highest BCUT2D eigenvalue weighted by atomic mass is 15.1. The molecule has 0 aliphatic heterocycles. The number of nitrogens with two attached hydrogens (primary N) is 1. The van der Waals surface area contributed by atoms with Crippen molar-refractivity contribution in [3.8, 4) is 0 Å². The fraction of sp³-hybridized carbons (Fsp3) is 0.188. The maximum Gasteiger partial charge on any atom is 0.142 e. The van der Waals surface area contributed by atoms with Gasteiger partial charge in [-0.3, -0.25) is 4.40 Å². The summed E-state index contributed by atoms with van der Waals surface area (Å²) in [6.45, 7) is 9.97. The summed E-state index contributed by atoms with van der Waals surface area (Å²) in [5.74, 6) is 0.645. The molecule has 0 saturated heterocycles. The van der Waals surface area contributed by atoms with Gasteiger partial charge in [-0.05, 0) is 32.4 Å². The van der Waals surface area contributed by atoms with Crippen molar-refractivity contribution in [2.24, 2.45) is 0 Å².